The zero-order valence-corrected chi connectivity index (χ0v) is 23.4. The van der Waals surface area contributed by atoms with Gasteiger partial charge in [0.25, 0.3) is 5.91 Å². The summed E-state index contributed by atoms with van der Waals surface area (Å²) < 4.78 is 12.9. The third kappa shape index (κ3) is 6.00. The van der Waals surface area contributed by atoms with Gasteiger partial charge < -0.3 is 19.9 Å². The molecule has 0 spiro atoms. The second kappa shape index (κ2) is 12.0. The molecular weight excluding hydrogens is 556 g/mol. The lowest BCUT2D eigenvalue weighted by Gasteiger charge is -2.28. The number of amides is 1. The molecule has 4 aromatic carbocycles. The molecule has 1 aliphatic heterocycles. The molecule has 0 radical (unpaired) electrons. The Morgan fingerprint density at radius 1 is 1.03 bits per heavy atom. The summed E-state index contributed by atoms with van der Waals surface area (Å²) in [6.07, 6.45) is 0.486. The van der Waals surface area contributed by atoms with Crippen LogP contribution in [-0.4, -0.2) is 41.8 Å². The molecular formula is C32H31BrN2O4. The van der Waals surface area contributed by atoms with E-state index in [9.17, 15) is 4.79 Å². The highest BCUT2D eigenvalue weighted by Gasteiger charge is 2.50. The molecule has 5 rings (SSSR count). The van der Waals surface area contributed by atoms with E-state index in [0.717, 1.165) is 31.9 Å². The minimum absolute atomic E-state index is 0.0869. The van der Waals surface area contributed by atoms with Crippen molar-refractivity contribution < 1.29 is 19.4 Å². The number of carbonyl (C=O) groups excluding carboxylic acids is 1. The van der Waals surface area contributed by atoms with E-state index in [-0.39, 0.29) is 12.5 Å². The Bertz CT molecular complexity index is 1460. The average Bonchev–Trinajstić information content (AvgIpc) is 3.30. The van der Waals surface area contributed by atoms with Crippen LogP contribution in [0.4, 0.5) is 0 Å². The minimum Gasteiger partial charge on any atom is -0.494 e. The number of ether oxygens (including phenoxy) is 2. The quantitative estimate of drug-likeness (QED) is 0.229. The highest BCUT2D eigenvalue weighted by molar-refractivity contribution is 9.10. The monoisotopic (exact) mass is 586 g/mol. The standard InChI is InChI=1S/C32H31BrN2O4/c1-22-32(20-23-10-14-27(33)15-11-23,31(37)34-21-26-8-4-7-24-6-2-3-9-29(24)26)35-30(39-22)25-12-16-28(17-13-25)38-19-5-18-36/h2-4,6-17,22,36H,5,18-21H2,1H3,(H,34,37)/t22-,32-/m1/s1. The molecule has 0 fully saturated rings. The number of carbonyl (C=O) groups is 1. The Morgan fingerprint density at radius 3 is 2.54 bits per heavy atom. The van der Waals surface area contributed by atoms with Crippen molar-refractivity contribution in [2.75, 3.05) is 13.2 Å². The highest BCUT2D eigenvalue weighted by Crippen LogP contribution is 2.33. The molecule has 1 amide bonds. The van der Waals surface area contributed by atoms with Crippen molar-refractivity contribution in [3.8, 4) is 5.75 Å². The summed E-state index contributed by atoms with van der Waals surface area (Å²) in [5.74, 6) is 0.958. The van der Waals surface area contributed by atoms with Crippen molar-refractivity contribution in [3.05, 3.63) is 112 Å². The number of hydrogen-bond acceptors (Lipinski definition) is 5. The lowest BCUT2D eigenvalue weighted by atomic mass is 9.86. The van der Waals surface area contributed by atoms with Crippen LogP contribution in [0, 0.1) is 0 Å². The second-order valence-electron chi connectivity index (χ2n) is 9.68. The number of aliphatic imine (C=N–C) groups is 1. The van der Waals surface area contributed by atoms with Gasteiger partial charge >= 0.3 is 0 Å². The van der Waals surface area contributed by atoms with Gasteiger partial charge in [0.05, 0.1) is 6.61 Å². The summed E-state index contributed by atoms with van der Waals surface area (Å²) >= 11 is 3.49. The summed E-state index contributed by atoms with van der Waals surface area (Å²) in [7, 11) is 0. The molecule has 4 aromatic rings. The molecule has 2 N–H and O–H groups in total. The minimum atomic E-state index is -1.13. The summed E-state index contributed by atoms with van der Waals surface area (Å²) in [5, 5.41) is 14.4. The van der Waals surface area contributed by atoms with Gasteiger partial charge in [0.2, 0.25) is 5.90 Å². The number of nitrogens with one attached hydrogen (secondary N) is 1. The van der Waals surface area contributed by atoms with Crippen molar-refractivity contribution in [2.45, 2.75) is 38.0 Å². The molecule has 1 aliphatic rings. The largest absolute Gasteiger partial charge is 0.494 e. The lowest BCUT2D eigenvalue weighted by molar-refractivity contribution is -0.128. The van der Waals surface area contributed by atoms with Crippen LogP contribution in [0.25, 0.3) is 10.8 Å². The van der Waals surface area contributed by atoms with Gasteiger partial charge in [-0.05, 0) is 65.2 Å². The van der Waals surface area contributed by atoms with Crippen LogP contribution < -0.4 is 10.1 Å². The molecule has 0 aliphatic carbocycles. The predicted molar refractivity (Wildman–Crippen MR) is 157 cm³/mol. The van der Waals surface area contributed by atoms with Gasteiger partial charge in [0, 0.05) is 36.0 Å². The Kier molecular flexibility index (Phi) is 8.29. The molecule has 0 saturated heterocycles. The summed E-state index contributed by atoms with van der Waals surface area (Å²) in [5.41, 5.74) is 1.68. The van der Waals surface area contributed by atoms with Crippen LogP contribution in [0.2, 0.25) is 0 Å². The third-order valence-electron chi connectivity index (χ3n) is 7.03. The molecule has 7 heteroatoms. The first-order valence-corrected chi connectivity index (χ1v) is 13.9. The second-order valence-corrected chi connectivity index (χ2v) is 10.6. The van der Waals surface area contributed by atoms with Crippen LogP contribution in [0.5, 0.6) is 5.75 Å². The van der Waals surface area contributed by atoms with Gasteiger partial charge in [0.15, 0.2) is 5.54 Å². The molecule has 39 heavy (non-hydrogen) atoms. The van der Waals surface area contributed by atoms with Crippen molar-refractivity contribution in [3.63, 3.8) is 0 Å². The predicted octanol–water partition coefficient (Wildman–Crippen LogP) is 5.83. The van der Waals surface area contributed by atoms with Gasteiger partial charge in [-0.15, -0.1) is 0 Å². The van der Waals surface area contributed by atoms with E-state index in [0.29, 0.717) is 37.6 Å². The van der Waals surface area contributed by atoms with E-state index >= 15 is 0 Å². The number of rotatable bonds is 10. The topological polar surface area (TPSA) is 80.2 Å². The highest BCUT2D eigenvalue weighted by atomic mass is 79.9. The first-order valence-electron chi connectivity index (χ1n) is 13.1. The fourth-order valence-electron chi connectivity index (χ4n) is 4.83. The number of aliphatic hydroxyl groups excluding tert-OH is 1. The van der Waals surface area contributed by atoms with E-state index in [4.69, 9.17) is 19.6 Å². The van der Waals surface area contributed by atoms with Gasteiger partial charge in [-0.3, -0.25) is 4.79 Å². The molecule has 0 unspecified atom stereocenters. The van der Waals surface area contributed by atoms with Crippen molar-refractivity contribution in [2.24, 2.45) is 4.99 Å². The zero-order valence-electron chi connectivity index (χ0n) is 21.8. The van der Waals surface area contributed by atoms with E-state index in [1.165, 1.54) is 0 Å². The Labute approximate surface area is 236 Å². The Morgan fingerprint density at radius 2 is 1.77 bits per heavy atom. The van der Waals surface area contributed by atoms with Crippen LogP contribution in [-0.2, 0) is 22.5 Å². The maximum atomic E-state index is 14.0. The summed E-state index contributed by atoms with van der Waals surface area (Å²) in [6.45, 7) is 2.82. The lowest BCUT2D eigenvalue weighted by Crippen LogP contribution is -2.52. The SMILES string of the molecule is C[C@H]1OC(c2ccc(OCCCO)cc2)=N[C@@]1(Cc1ccc(Br)cc1)C(=O)NCc1cccc2ccccc12. The molecule has 200 valence electrons. The van der Waals surface area contributed by atoms with Gasteiger partial charge in [-0.25, -0.2) is 4.99 Å². The van der Waals surface area contributed by atoms with E-state index in [1.807, 2.05) is 79.7 Å². The van der Waals surface area contributed by atoms with Crippen LogP contribution in [0.1, 0.15) is 30.0 Å². The maximum Gasteiger partial charge on any atom is 0.252 e. The molecule has 0 aromatic heterocycles. The normalized spacial score (nSPS) is 18.4. The third-order valence-corrected chi connectivity index (χ3v) is 7.56. The van der Waals surface area contributed by atoms with Crippen molar-refractivity contribution in [1.82, 2.24) is 5.32 Å². The number of hydrogen-bond donors (Lipinski definition) is 2. The first kappa shape index (κ1) is 26.9. The zero-order chi connectivity index (χ0) is 27.2. The fraction of sp³-hybridized carbons (Fsp3) is 0.250. The molecule has 2 atom stereocenters. The van der Waals surface area contributed by atoms with Crippen molar-refractivity contribution >= 4 is 38.5 Å². The first-order chi connectivity index (χ1) is 19.0. The van der Waals surface area contributed by atoms with Crippen LogP contribution >= 0.6 is 15.9 Å². The van der Waals surface area contributed by atoms with Crippen molar-refractivity contribution in [1.29, 1.82) is 0 Å². The molecule has 0 saturated carbocycles. The van der Waals surface area contributed by atoms with E-state index < -0.39 is 11.6 Å². The number of halogens is 1. The van der Waals surface area contributed by atoms with E-state index in [1.54, 1.807) is 0 Å². The number of nitrogens with zero attached hydrogens (tertiary/aromatic N) is 1. The number of benzene rings is 4. The van der Waals surface area contributed by atoms with Crippen LogP contribution in [0.15, 0.2) is 100 Å². The summed E-state index contributed by atoms with van der Waals surface area (Å²) in [6, 6.07) is 29.7. The van der Waals surface area contributed by atoms with E-state index in [2.05, 4.69) is 39.4 Å². The van der Waals surface area contributed by atoms with Gasteiger partial charge in [-0.1, -0.05) is 70.5 Å². The Hall–Kier alpha value is -3.68. The van der Waals surface area contributed by atoms with Gasteiger partial charge in [0.1, 0.15) is 11.9 Å². The Balaban J connectivity index is 1.43. The smallest absolute Gasteiger partial charge is 0.252 e. The molecule has 1 heterocycles. The molecule has 6 nitrogen and oxygen atoms in total. The maximum absolute atomic E-state index is 14.0. The fourth-order valence-corrected chi connectivity index (χ4v) is 5.10. The average molecular weight is 588 g/mol. The number of aliphatic hydroxyl groups is 1. The molecule has 0 bridgehead atoms. The van der Waals surface area contributed by atoms with Crippen LogP contribution in [0.3, 0.4) is 0 Å². The number of fused-ring (bicyclic) bond motifs is 1. The van der Waals surface area contributed by atoms with Gasteiger partial charge in [-0.2, -0.15) is 0 Å². The summed E-state index contributed by atoms with van der Waals surface area (Å²) in [4.78, 5) is 19.0.